The van der Waals surface area contributed by atoms with Gasteiger partial charge >= 0.3 is 0 Å². The second-order valence-electron chi connectivity index (χ2n) is 5.10. The fourth-order valence-corrected chi connectivity index (χ4v) is 2.18. The fourth-order valence-electron chi connectivity index (χ4n) is 2.18. The minimum absolute atomic E-state index is 0.365. The van der Waals surface area contributed by atoms with Gasteiger partial charge in [0.15, 0.2) is 0 Å². The molecule has 5 nitrogen and oxygen atoms in total. The van der Waals surface area contributed by atoms with Crippen molar-refractivity contribution in [2.45, 2.75) is 19.4 Å². The third-order valence-electron chi connectivity index (χ3n) is 3.18. The van der Waals surface area contributed by atoms with E-state index in [9.17, 15) is 0 Å². The smallest absolute Gasteiger partial charge is 0.146 e. The Labute approximate surface area is 134 Å². The number of nitrogens with zero attached hydrogens (tertiary/aromatic N) is 1. The molecule has 22 heavy (non-hydrogen) atoms. The summed E-state index contributed by atoms with van der Waals surface area (Å²) in [5.41, 5.74) is 1.33. The van der Waals surface area contributed by atoms with E-state index in [0.717, 1.165) is 45.7 Å². The van der Waals surface area contributed by atoms with Crippen LogP contribution in [-0.2, 0) is 25.5 Å². The van der Waals surface area contributed by atoms with Gasteiger partial charge in [-0.3, -0.25) is 4.90 Å². The van der Waals surface area contributed by atoms with Gasteiger partial charge in [-0.1, -0.05) is 30.3 Å². The second-order valence-corrected chi connectivity index (χ2v) is 5.10. The Morgan fingerprint density at radius 3 is 1.86 bits per heavy atom. The normalized spacial score (nSPS) is 11.2. The molecule has 0 aliphatic carbocycles. The maximum Gasteiger partial charge on any atom is 0.146 e. The SMILES string of the molecule is COCOCCCN(CCCOCOC)Cc1ccccc1. The summed E-state index contributed by atoms with van der Waals surface area (Å²) in [6.45, 7) is 5.13. The topological polar surface area (TPSA) is 40.2 Å². The average Bonchev–Trinajstić information content (AvgIpc) is 2.55. The van der Waals surface area contributed by atoms with Crippen molar-refractivity contribution in [3.63, 3.8) is 0 Å². The van der Waals surface area contributed by atoms with Gasteiger partial charge in [0, 0.05) is 33.9 Å². The summed E-state index contributed by atoms with van der Waals surface area (Å²) < 4.78 is 20.5. The molecule has 0 unspecified atom stereocenters. The van der Waals surface area contributed by atoms with Gasteiger partial charge in [0.2, 0.25) is 0 Å². The van der Waals surface area contributed by atoms with Gasteiger partial charge < -0.3 is 18.9 Å². The molecule has 0 fully saturated rings. The van der Waals surface area contributed by atoms with Gasteiger partial charge in [0.1, 0.15) is 13.6 Å². The number of methoxy groups -OCH3 is 2. The van der Waals surface area contributed by atoms with Gasteiger partial charge in [0.25, 0.3) is 0 Å². The van der Waals surface area contributed by atoms with Gasteiger partial charge in [-0.2, -0.15) is 0 Å². The third-order valence-corrected chi connectivity index (χ3v) is 3.18. The number of rotatable bonds is 14. The molecule has 0 radical (unpaired) electrons. The summed E-state index contributed by atoms with van der Waals surface area (Å²) in [5.74, 6) is 0. The highest BCUT2D eigenvalue weighted by Crippen LogP contribution is 2.06. The summed E-state index contributed by atoms with van der Waals surface area (Å²) >= 11 is 0. The van der Waals surface area contributed by atoms with E-state index in [1.165, 1.54) is 5.56 Å². The van der Waals surface area contributed by atoms with Crippen molar-refractivity contribution in [2.75, 3.05) is 54.1 Å². The van der Waals surface area contributed by atoms with Crippen molar-refractivity contribution < 1.29 is 18.9 Å². The van der Waals surface area contributed by atoms with Crippen LogP contribution in [0, 0.1) is 0 Å². The van der Waals surface area contributed by atoms with Crippen molar-refractivity contribution in [3.8, 4) is 0 Å². The lowest BCUT2D eigenvalue weighted by molar-refractivity contribution is -0.0361. The Kier molecular flexibility index (Phi) is 11.8. The summed E-state index contributed by atoms with van der Waals surface area (Å²) in [4.78, 5) is 2.43. The van der Waals surface area contributed by atoms with Crippen LogP contribution in [-0.4, -0.2) is 59.0 Å². The lowest BCUT2D eigenvalue weighted by atomic mass is 10.2. The maximum atomic E-state index is 5.35. The monoisotopic (exact) mass is 311 g/mol. The number of ether oxygens (including phenoxy) is 4. The van der Waals surface area contributed by atoms with Crippen LogP contribution in [0.3, 0.4) is 0 Å². The standard InChI is InChI=1S/C17H29NO4/c1-19-15-21-12-6-10-18(11-7-13-22-16-20-2)14-17-8-4-3-5-9-17/h3-5,8-9H,6-7,10-16H2,1-2H3. The summed E-state index contributed by atoms with van der Waals surface area (Å²) in [7, 11) is 3.28. The summed E-state index contributed by atoms with van der Waals surface area (Å²) in [5, 5.41) is 0. The van der Waals surface area contributed by atoms with Crippen LogP contribution in [0.15, 0.2) is 30.3 Å². The molecule has 0 heterocycles. The molecule has 0 spiro atoms. The quantitative estimate of drug-likeness (QED) is 0.390. The highest BCUT2D eigenvalue weighted by Gasteiger charge is 2.06. The molecule has 0 saturated carbocycles. The van der Waals surface area contributed by atoms with Crippen LogP contribution in [0.5, 0.6) is 0 Å². The first kappa shape index (κ1) is 19.1. The largest absolute Gasteiger partial charge is 0.359 e. The number of hydrogen-bond donors (Lipinski definition) is 0. The summed E-state index contributed by atoms with van der Waals surface area (Å²) in [6, 6.07) is 10.5. The van der Waals surface area contributed by atoms with E-state index in [4.69, 9.17) is 18.9 Å². The Morgan fingerprint density at radius 1 is 0.818 bits per heavy atom. The molecule has 0 atom stereocenters. The summed E-state index contributed by atoms with van der Waals surface area (Å²) in [6.07, 6.45) is 1.99. The molecular weight excluding hydrogens is 282 g/mol. The molecular formula is C17H29NO4. The van der Waals surface area contributed by atoms with Crippen LogP contribution in [0.4, 0.5) is 0 Å². The molecule has 1 rings (SSSR count). The molecule has 1 aromatic rings. The molecule has 0 bridgehead atoms. The zero-order valence-corrected chi connectivity index (χ0v) is 13.8. The van der Waals surface area contributed by atoms with Crippen LogP contribution in [0.25, 0.3) is 0 Å². The molecule has 0 saturated heterocycles. The predicted molar refractivity (Wildman–Crippen MR) is 86.6 cm³/mol. The van der Waals surface area contributed by atoms with E-state index in [1.54, 1.807) is 14.2 Å². The first-order valence-electron chi connectivity index (χ1n) is 7.76. The average molecular weight is 311 g/mol. The van der Waals surface area contributed by atoms with Crippen LogP contribution in [0.2, 0.25) is 0 Å². The zero-order valence-electron chi connectivity index (χ0n) is 13.8. The van der Waals surface area contributed by atoms with Gasteiger partial charge in [0.05, 0.1) is 13.2 Å². The van der Waals surface area contributed by atoms with E-state index in [-0.39, 0.29) is 0 Å². The van der Waals surface area contributed by atoms with E-state index < -0.39 is 0 Å². The van der Waals surface area contributed by atoms with Crippen molar-refractivity contribution in [1.29, 1.82) is 0 Å². The molecule has 126 valence electrons. The lowest BCUT2D eigenvalue weighted by Gasteiger charge is -2.22. The minimum atomic E-state index is 0.365. The Morgan fingerprint density at radius 2 is 1.36 bits per heavy atom. The van der Waals surface area contributed by atoms with Crippen LogP contribution >= 0.6 is 0 Å². The molecule has 0 aliphatic heterocycles. The van der Waals surface area contributed by atoms with Crippen LogP contribution in [0.1, 0.15) is 18.4 Å². The predicted octanol–water partition coefficient (Wildman–Crippen LogP) is 2.51. The highest BCUT2D eigenvalue weighted by atomic mass is 16.7. The number of benzene rings is 1. The van der Waals surface area contributed by atoms with Crippen molar-refractivity contribution in [3.05, 3.63) is 35.9 Å². The van der Waals surface area contributed by atoms with Crippen LogP contribution < -0.4 is 0 Å². The Hall–Kier alpha value is -0.980. The van der Waals surface area contributed by atoms with E-state index >= 15 is 0 Å². The first-order valence-corrected chi connectivity index (χ1v) is 7.76. The van der Waals surface area contributed by atoms with Gasteiger partial charge in [-0.25, -0.2) is 0 Å². The molecule has 0 aromatic heterocycles. The molecule has 0 amide bonds. The Balaban J connectivity index is 2.29. The van der Waals surface area contributed by atoms with E-state index in [0.29, 0.717) is 13.6 Å². The van der Waals surface area contributed by atoms with E-state index in [2.05, 4.69) is 29.2 Å². The minimum Gasteiger partial charge on any atom is -0.359 e. The molecule has 5 heteroatoms. The van der Waals surface area contributed by atoms with Crippen molar-refractivity contribution >= 4 is 0 Å². The molecule has 0 N–H and O–H groups in total. The zero-order chi connectivity index (χ0) is 15.9. The Bertz CT molecular complexity index is 334. The second kappa shape index (κ2) is 13.7. The van der Waals surface area contributed by atoms with Crippen molar-refractivity contribution in [2.24, 2.45) is 0 Å². The lowest BCUT2D eigenvalue weighted by Crippen LogP contribution is -2.27. The number of hydrogen-bond acceptors (Lipinski definition) is 5. The molecule has 0 aliphatic rings. The molecule has 1 aromatic carbocycles. The first-order chi connectivity index (χ1) is 10.9. The fraction of sp³-hybridized carbons (Fsp3) is 0.647. The third kappa shape index (κ3) is 9.87. The van der Waals surface area contributed by atoms with E-state index in [1.807, 2.05) is 6.07 Å². The van der Waals surface area contributed by atoms with Gasteiger partial charge in [-0.15, -0.1) is 0 Å². The van der Waals surface area contributed by atoms with Gasteiger partial charge in [-0.05, 0) is 18.4 Å². The highest BCUT2D eigenvalue weighted by molar-refractivity contribution is 5.14. The maximum absolute atomic E-state index is 5.35. The van der Waals surface area contributed by atoms with Crippen molar-refractivity contribution in [1.82, 2.24) is 4.90 Å².